The first-order chi connectivity index (χ1) is 7.33. The Labute approximate surface area is 89.8 Å². The number of nitrogens with zero attached hydrogens (tertiary/aromatic N) is 2. The summed E-state index contributed by atoms with van der Waals surface area (Å²) in [7, 11) is 0. The van der Waals surface area contributed by atoms with Crippen molar-refractivity contribution in [3.8, 4) is 0 Å². The Balaban J connectivity index is 1.72. The molecule has 0 spiro atoms. The van der Waals surface area contributed by atoms with Crippen molar-refractivity contribution in [1.29, 1.82) is 0 Å². The van der Waals surface area contributed by atoms with Crippen LogP contribution in [0.25, 0.3) is 0 Å². The number of nitrogens with one attached hydrogen (secondary N) is 1. The topological polar surface area (TPSA) is 55.9 Å². The van der Waals surface area contributed by atoms with Crippen LogP contribution in [-0.4, -0.2) is 22.4 Å². The summed E-state index contributed by atoms with van der Waals surface area (Å²) in [5.41, 5.74) is 7.16. The van der Waals surface area contributed by atoms with Gasteiger partial charge in [-0.2, -0.15) is 5.10 Å². The van der Waals surface area contributed by atoms with Crippen LogP contribution in [0.2, 0.25) is 0 Å². The third kappa shape index (κ3) is 1.86. The van der Waals surface area contributed by atoms with Gasteiger partial charge in [0.25, 0.3) is 0 Å². The van der Waals surface area contributed by atoms with E-state index >= 15 is 0 Å². The monoisotopic (exact) mass is 206 g/mol. The number of rotatable bonds is 3. The van der Waals surface area contributed by atoms with Gasteiger partial charge in [0.1, 0.15) is 5.82 Å². The molecule has 0 aromatic carbocycles. The zero-order chi connectivity index (χ0) is 10.3. The lowest BCUT2D eigenvalue weighted by Crippen LogP contribution is -2.27. The number of hydrogen-bond donors (Lipinski definition) is 2. The highest BCUT2D eigenvalue weighted by Gasteiger charge is 2.27. The summed E-state index contributed by atoms with van der Waals surface area (Å²) in [6.07, 6.45) is 5.11. The van der Waals surface area contributed by atoms with E-state index in [4.69, 9.17) is 5.73 Å². The molecular weight excluding hydrogens is 188 g/mol. The summed E-state index contributed by atoms with van der Waals surface area (Å²) in [4.78, 5) is 0. The predicted molar refractivity (Wildman–Crippen MR) is 59.6 cm³/mol. The van der Waals surface area contributed by atoms with Gasteiger partial charge in [0, 0.05) is 18.0 Å². The summed E-state index contributed by atoms with van der Waals surface area (Å²) >= 11 is 0. The molecule has 2 fully saturated rings. The minimum Gasteiger partial charge on any atom is -0.384 e. The third-order valence-electron chi connectivity index (χ3n) is 3.38. The smallest absolute Gasteiger partial charge is 0.121 e. The number of anilines is 1. The Bertz CT molecular complexity index is 347. The molecule has 2 aliphatic rings. The molecule has 1 aliphatic heterocycles. The SMILES string of the molecule is Nc1cc(C2CC2)nn1C[C@H]1CCCN1. The van der Waals surface area contributed by atoms with Crippen molar-refractivity contribution in [3.05, 3.63) is 11.8 Å². The van der Waals surface area contributed by atoms with E-state index in [-0.39, 0.29) is 0 Å². The Morgan fingerprint density at radius 1 is 1.47 bits per heavy atom. The van der Waals surface area contributed by atoms with Gasteiger partial charge in [-0.05, 0) is 32.2 Å². The van der Waals surface area contributed by atoms with Crippen molar-refractivity contribution < 1.29 is 0 Å². The Morgan fingerprint density at radius 2 is 2.33 bits per heavy atom. The van der Waals surface area contributed by atoms with Crippen LogP contribution in [0.4, 0.5) is 5.82 Å². The molecule has 0 amide bonds. The first kappa shape index (κ1) is 9.21. The first-order valence-corrected chi connectivity index (χ1v) is 5.89. The van der Waals surface area contributed by atoms with E-state index in [1.165, 1.54) is 31.4 Å². The Morgan fingerprint density at radius 3 is 3.00 bits per heavy atom. The molecule has 3 N–H and O–H groups in total. The number of nitrogens with two attached hydrogens (primary N) is 1. The predicted octanol–water partition coefficient (Wildman–Crippen LogP) is 1.09. The van der Waals surface area contributed by atoms with Crippen molar-refractivity contribution in [2.75, 3.05) is 12.3 Å². The second-order valence-corrected chi connectivity index (χ2v) is 4.74. The summed E-state index contributed by atoms with van der Waals surface area (Å²) < 4.78 is 1.97. The van der Waals surface area contributed by atoms with E-state index in [1.54, 1.807) is 0 Å². The van der Waals surface area contributed by atoms with Crippen LogP contribution in [0.5, 0.6) is 0 Å². The molecule has 4 heteroatoms. The molecule has 0 unspecified atom stereocenters. The molecule has 82 valence electrons. The fourth-order valence-corrected chi connectivity index (χ4v) is 2.30. The van der Waals surface area contributed by atoms with Gasteiger partial charge in [-0.3, -0.25) is 0 Å². The quantitative estimate of drug-likeness (QED) is 0.778. The Hall–Kier alpha value is -1.03. The standard InChI is InChI=1S/C11H18N4/c12-11-6-10(8-3-4-8)14-15(11)7-9-2-1-5-13-9/h6,8-9,13H,1-5,7,12H2/t9-/m1/s1. The molecule has 2 heterocycles. The van der Waals surface area contributed by atoms with Crippen LogP contribution in [-0.2, 0) is 6.54 Å². The van der Waals surface area contributed by atoms with Gasteiger partial charge in [-0.15, -0.1) is 0 Å². The van der Waals surface area contributed by atoms with Gasteiger partial charge in [0.05, 0.1) is 12.2 Å². The summed E-state index contributed by atoms with van der Waals surface area (Å²) in [6.45, 7) is 2.07. The van der Waals surface area contributed by atoms with E-state index in [2.05, 4.69) is 10.4 Å². The highest BCUT2D eigenvalue weighted by atomic mass is 15.3. The lowest BCUT2D eigenvalue weighted by atomic mass is 10.2. The molecule has 1 aromatic rings. The molecule has 0 bridgehead atoms. The van der Waals surface area contributed by atoms with E-state index < -0.39 is 0 Å². The third-order valence-corrected chi connectivity index (χ3v) is 3.38. The van der Waals surface area contributed by atoms with Crippen LogP contribution in [0, 0.1) is 0 Å². The molecule has 3 rings (SSSR count). The molecule has 1 aromatic heterocycles. The van der Waals surface area contributed by atoms with Crippen LogP contribution >= 0.6 is 0 Å². The summed E-state index contributed by atoms with van der Waals surface area (Å²) in [5.74, 6) is 1.52. The van der Waals surface area contributed by atoms with Crippen molar-refractivity contribution >= 4 is 5.82 Å². The minimum atomic E-state index is 0.569. The van der Waals surface area contributed by atoms with Crippen molar-refractivity contribution in [2.45, 2.75) is 44.2 Å². The highest BCUT2D eigenvalue weighted by molar-refractivity contribution is 5.33. The van der Waals surface area contributed by atoms with Crippen LogP contribution < -0.4 is 11.1 Å². The van der Waals surface area contributed by atoms with Gasteiger partial charge in [-0.1, -0.05) is 0 Å². The van der Waals surface area contributed by atoms with E-state index in [0.29, 0.717) is 12.0 Å². The maximum atomic E-state index is 5.96. The molecule has 15 heavy (non-hydrogen) atoms. The number of nitrogen functional groups attached to an aromatic ring is 1. The molecule has 1 saturated carbocycles. The highest BCUT2D eigenvalue weighted by Crippen LogP contribution is 2.39. The maximum absolute atomic E-state index is 5.96. The molecule has 1 saturated heterocycles. The average molecular weight is 206 g/mol. The summed E-state index contributed by atoms with van der Waals surface area (Å²) in [6, 6.07) is 2.62. The lowest BCUT2D eigenvalue weighted by Gasteiger charge is -2.10. The van der Waals surface area contributed by atoms with Crippen molar-refractivity contribution in [1.82, 2.24) is 15.1 Å². The van der Waals surface area contributed by atoms with Gasteiger partial charge in [-0.25, -0.2) is 4.68 Å². The number of aromatic nitrogens is 2. The minimum absolute atomic E-state index is 0.569. The van der Waals surface area contributed by atoms with Crippen molar-refractivity contribution in [3.63, 3.8) is 0 Å². The molecular formula is C11H18N4. The maximum Gasteiger partial charge on any atom is 0.121 e. The zero-order valence-corrected chi connectivity index (χ0v) is 8.95. The van der Waals surface area contributed by atoms with E-state index in [0.717, 1.165) is 18.9 Å². The number of hydrogen-bond acceptors (Lipinski definition) is 3. The van der Waals surface area contributed by atoms with E-state index in [9.17, 15) is 0 Å². The van der Waals surface area contributed by atoms with Gasteiger partial charge in [0.15, 0.2) is 0 Å². The normalized spacial score (nSPS) is 26.0. The van der Waals surface area contributed by atoms with Crippen LogP contribution in [0.1, 0.15) is 37.3 Å². The zero-order valence-electron chi connectivity index (χ0n) is 8.95. The molecule has 1 aliphatic carbocycles. The van der Waals surface area contributed by atoms with E-state index in [1.807, 2.05) is 10.7 Å². The second kappa shape index (κ2) is 3.52. The fourth-order valence-electron chi connectivity index (χ4n) is 2.30. The fraction of sp³-hybridized carbons (Fsp3) is 0.727. The van der Waals surface area contributed by atoms with Crippen LogP contribution in [0.3, 0.4) is 0 Å². The van der Waals surface area contributed by atoms with Gasteiger partial charge < -0.3 is 11.1 Å². The molecule has 0 radical (unpaired) electrons. The molecule has 1 atom stereocenters. The van der Waals surface area contributed by atoms with Gasteiger partial charge in [0.2, 0.25) is 0 Å². The average Bonchev–Trinajstić information content (AvgIpc) is 2.84. The summed E-state index contributed by atoms with van der Waals surface area (Å²) in [5, 5.41) is 8.06. The van der Waals surface area contributed by atoms with Gasteiger partial charge >= 0.3 is 0 Å². The Kier molecular flexibility index (Phi) is 2.16. The largest absolute Gasteiger partial charge is 0.384 e. The first-order valence-electron chi connectivity index (χ1n) is 5.89. The second-order valence-electron chi connectivity index (χ2n) is 4.74. The lowest BCUT2D eigenvalue weighted by molar-refractivity contribution is 0.478. The van der Waals surface area contributed by atoms with Crippen LogP contribution in [0.15, 0.2) is 6.07 Å². The molecule has 4 nitrogen and oxygen atoms in total. The van der Waals surface area contributed by atoms with Crippen molar-refractivity contribution in [2.24, 2.45) is 0 Å².